The number of hydrogen-bond donors (Lipinski definition) is 0. The molecule has 1 aliphatic carbocycles. The highest BCUT2D eigenvalue weighted by Gasteiger charge is 2.25. The van der Waals surface area contributed by atoms with Gasteiger partial charge in [-0.25, -0.2) is 4.98 Å². The number of ether oxygens (including phenoxy) is 2. The first kappa shape index (κ1) is 17.2. The number of rotatable bonds is 5. The van der Waals surface area contributed by atoms with Crippen molar-refractivity contribution in [1.82, 2.24) is 20.1 Å². The SMILES string of the molecule is O=C(c1ccc(OC2CCCC2)nc1)N1CCC(Oc2nncs2)CC1. The highest BCUT2D eigenvalue weighted by molar-refractivity contribution is 7.11. The van der Waals surface area contributed by atoms with Gasteiger partial charge in [0, 0.05) is 38.2 Å². The maximum Gasteiger partial charge on any atom is 0.294 e. The van der Waals surface area contributed by atoms with E-state index in [0.717, 1.165) is 25.7 Å². The maximum atomic E-state index is 12.7. The van der Waals surface area contributed by atoms with Crippen LogP contribution in [0.25, 0.3) is 0 Å². The summed E-state index contributed by atoms with van der Waals surface area (Å²) in [4.78, 5) is 18.8. The lowest BCUT2D eigenvalue weighted by atomic mass is 10.1. The monoisotopic (exact) mass is 374 g/mol. The van der Waals surface area contributed by atoms with Crippen LogP contribution in [0.4, 0.5) is 0 Å². The van der Waals surface area contributed by atoms with E-state index >= 15 is 0 Å². The van der Waals surface area contributed by atoms with Crippen molar-refractivity contribution in [3.8, 4) is 11.1 Å². The second-order valence-corrected chi connectivity index (χ2v) is 7.52. The Kier molecular flexibility index (Phi) is 5.29. The van der Waals surface area contributed by atoms with Crippen molar-refractivity contribution >= 4 is 17.2 Å². The molecule has 0 radical (unpaired) electrons. The zero-order chi connectivity index (χ0) is 17.8. The molecule has 4 rings (SSSR count). The van der Waals surface area contributed by atoms with E-state index in [0.29, 0.717) is 29.7 Å². The van der Waals surface area contributed by atoms with Gasteiger partial charge in [0.25, 0.3) is 11.1 Å². The third-order valence-electron chi connectivity index (χ3n) is 4.91. The molecule has 0 atom stereocenters. The molecule has 1 amide bonds. The van der Waals surface area contributed by atoms with Crippen molar-refractivity contribution in [3.05, 3.63) is 29.4 Å². The molecule has 0 bridgehead atoms. The Labute approximate surface area is 156 Å². The van der Waals surface area contributed by atoms with Crippen LogP contribution in [0.3, 0.4) is 0 Å². The lowest BCUT2D eigenvalue weighted by Crippen LogP contribution is -2.41. The molecular weight excluding hydrogens is 352 g/mol. The van der Waals surface area contributed by atoms with Crippen LogP contribution in [0.15, 0.2) is 23.8 Å². The Bertz CT molecular complexity index is 709. The molecular formula is C18H22N4O3S. The van der Waals surface area contributed by atoms with Gasteiger partial charge in [-0.15, -0.1) is 10.2 Å². The van der Waals surface area contributed by atoms with Crippen LogP contribution in [-0.4, -0.2) is 51.3 Å². The number of pyridine rings is 1. The highest BCUT2D eigenvalue weighted by atomic mass is 32.1. The second-order valence-electron chi connectivity index (χ2n) is 6.72. The Balaban J connectivity index is 1.29. The first-order valence-corrected chi connectivity index (χ1v) is 10.0. The molecule has 1 saturated carbocycles. The minimum absolute atomic E-state index is 0.0132. The minimum Gasteiger partial charge on any atom is -0.474 e. The van der Waals surface area contributed by atoms with Gasteiger partial charge in [0.1, 0.15) is 17.7 Å². The Morgan fingerprint density at radius 2 is 1.85 bits per heavy atom. The van der Waals surface area contributed by atoms with Crippen LogP contribution in [-0.2, 0) is 0 Å². The third-order valence-corrected chi connectivity index (χ3v) is 5.49. The van der Waals surface area contributed by atoms with Gasteiger partial charge in [-0.1, -0.05) is 11.3 Å². The van der Waals surface area contributed by atoms with Crippen molar-refractivity contribution in [2.24, 2.45) is 0 Å². The normalized spacial score (nSPS) is 18.8. The van der Waals surface area contributed by atoms with Gasteiger partial charge in [0.05, 0.1) is 5.56 Å². The molecule has 2 fully saturated rings. The number of carbonyl (C=O) groups is 1. The highest BCUT2D eigenvalue weighted by Crippen LogP contribution is 2.24. The molecule has 3 heterocycles. The van der Waals surface area contributed by atoms with E-state index < -0.39 is 0 Å². The predicted molar refractivity (Wildman–Crippen MR) is 96.6 cm³/mol. The minimum atomic E-state index is 0.0132. The summed E-state index contributed by atoms with van der Waals surface area (Å²) in [5, 5.41) is 8.27. The van der Waals surface area contributed by atoms with Gasteiger partial charge >= 0.3 is 0 Å². The van der Waals surface area contributed by atoms with E-state index in [9.17, 15) is 4.79 Å². The molecule has 1 aliphatic heterocycles. The third kappa shape index (κ3) is 4.12. The number of hydrogen-bond acceptors (Lipinski definition) is 7. The van der Waals surface area contributed by atoms with E-state index in [1.165, 1.54) is 24.2 Å². The average Bonchev–Trinajstić information content (AvgIpc) is 3.37. The molecule has 2 aromatic rings. The van der Waals surface area contributed by atoms with Crippen LogP contribution >= 0.6 is 11.3 Å². The lowest BCUT2D eigenvalue weighted by molar-refractivity contribution is 0.0593. The van der Waals surface area contributed by atoms with Crippen LogP contribution in [0.5, 0.6) is 11.1 Å². The van der Waals surface area contributed by atoms with Crippen LogP contribution < -0.4 is 9.47 Å². The molecule has 0 unspecified atom stereocenters. The van der Waals surface area contributed by atoms with Gasteiger partial charge in [-0.3, -0.25) is 4.79 Å². The summed E-state index contributed by atoms with van der Waals surface area (Å²) >= 11 is 1.39. The van der Waals surface area contributed by atoms with E-state index in [2.05, 4.69) is 15.2 Å². The van der Waals surface area contributed by atoms with E-state index in [1.807, 2.05) is 11.0 Å². The number of piperidine rings is 1. The Morgan fingerprint density at radius 3 is 2.50 bits per heavy atom. The number of aromatic nitrogens is 3. The fraction of sp³-hybridized carbons (Fsp3) is 0.556. The zero-order valence-corrected chi connectivity index (χ0v) is 15.4. The van der Waals surface area contributed by atoms with Crippen molar-refractivity contribution in [2.75, 3.05) is 13.1 Å². The largest absolute Gasteiger partial charge is 0.474 e. The molecule has 2 aliphatic rings. The predicted octanol–water partition coefficient (Wildman–Crippen LogP) is 2.94. The first-order valence-electron chi connectivity index (χ1n) is 9.13. The van der Waals surface area contributed by atoms with Gasteiger partial charge in [-0.05, 0) is 31.7 Å². The quantitative estimate of drug-likeness (QED) is 0.801. The Hall–Kier alpha value is -2.22. The molecule has 1 saturated heterocycles. The molecule has 2 aromatic heterocycles. The topological polar surface area (TPSA) is 77.4 Å². The summed E-state index contributed by atoms with van der Waals surface area (Å²) in [5.41, 5.74) is 2.26. The summed E-state index contributed by atoms with van der Waals surface area (Å²) in [6.07, 6.45) is 8.20. The summed E-state index contributed by atoms with van der Waals surface area (Å²) in [5.74, 6) is 0.622. The van der Waals surface area contributed by atoms with Crippen LogP contribution in [0.2, 0.25) is 0 Å². The van der Waals surface area contributed by atoms with Gasteiger partial charge in [0.2, 0.25) is 5.88 Å². The van der Waals surface area contributed by atoms with Gasteiger partial charge < -0.3 is 14.4 Å². The van der Waals surface area contributed by atoms with Gasteiger partial charge in [0.15, 0.2) is 0 Å². The van der Waals surface area contributed by atoms with Crippen molar-refractivity contribution < 1.29 is 14.3 Å². The summed E-state index contributed by atoms with van der Waals surface area (Å²) < 4.78 is 11.6. The number of likely N-dealkylation sites (tertiary alicyclic amines) is 1. The van der Waals surface area contributed by atoms with E-state index in [1.54, 1.807) is 17.8 Å². The fourth-order valence-corrected chi connectivity index (χ4v) is 3.94. The fourth-order valence-electron chi connectivity index (χ4n) is 3.47. The maximum absolute atomic E-state index is 12.7. The molecule has 7 nitrogen and oxygen atoms in total. The molecule has 138 valence electrons. The van der Waals surface area contributed by atoms with E-state index in [4.69, 9.17) is 9.47 Å². The molecule has 8 heteroatoms. The van der Waals surface area contributed by atoms with Crippen LogP contribution in [0, 0.1) is 0 Å². The molecule has 0 spiro atoms. The number of amides is 1. The smallest absolute Gasteiger partial charge is 0.294 e. The number of nitrogens with zero attached hydrogens (tertiary/aromatic N) is 4. The summed E-state index contributed by atoms with van der Waals surface area (Å²) in [6.45, 7) is 1.34. The van der Waals surface area contributed by atoms with Crippen molar-refractivity contribution in [1.29, 1.82) is 0 Å². The first-order chi connectivity index (χ1) is 12.8. The van der Waals surface area contributed by atoms with Crippen molar-refractivity contribution in [3.63, 3.8) is 0 Å². The molecule has 0 N–H and O–H groups in total. The average molecular weight is 374 g/mol. The van der Waals surface area contributed by atoms with Crippen LogP contribution in [0.1, 0.15) is 48.9 Å². The molecule has 26 heavy (non-hydrogen) atoms. The Morgan fingerprint density at radius 1 is 1.08 bits per heavy atom. The molecule has 0 aromatic carbocycles. The standard InChI is InChI=1S/C18H22N4O3S/c23-17(13-5-6-16(19-11-13)24-14-3-1-2-4-14)22-9-7-15(8-10-22)25-18-21-20-12-26-18/h5-6,11-12,14-15H,1-4,7-10H2. The number of carbonyl (C=O) groups excluding carboxylic acids is 1. The van der Waals surface area contributed by atoms with Gasteiger partial charge in [-0.2, -0.15) is 0 Å². The lowest BCUT2D eigenvalue weighted by Gasteiger charge is -2.31. The van der Waals surface area contributed by atoms with Crippen molar-refractivity contribution in [2.45, 2.75) is 50.7 Å². The zero-order valence-electron chi connectivity index (χ0n) is 14.5. The van der Waals surface area contributed by atoms with E-state index in [-0.39, 0.29) is 18.1 Å². The second kappa shape index (κ2) is 7.99. The summed E-state index contributed by atoms with van der Waals surface area (Å²) in [7, 11) is 0. The summed E-state index contributed by atoms with van der Waals surface area (Å²) in [6, 6.07) is 3.61.